The molecule has 1 aromatic rings. The van der Waals surface area contributed by atoms with E-state index in [1.165, 1.54) is 0 Å². The number of rotatable bonds is 5. The molecule has 6 nitrogen and oxygen atoms in total. The number of carbonyl (C=O) groups excluding carboxylic acids is 2. The molecule has 3 aliphatic rings. The fourth-order valence-electron chi connectivity index (χ4n) is 5.03. The monoisotopic (exact) mass is 371 g/mol. The molecule has 27 heavy (non-hydrogen) atoms. The van der Waals surface area contributed by atoms with Crippen LogP contribution >= 0.6 is 0 Å². The van der Waals surface area contributed by atoms with Crippen LogP contribution in [0.25, 0.3) is 0 Å². The van der Waals surface area contributed by atoms with Gasteiger partial charge in [0, 0.05) is 24.9 Å². The van der Waals surface area contributed by atoms with Gasteiger partial charge in [-0.15, -0.1) is 0 Å². The summed E-state index contributed by atoms with van der Waals surface area (Å²) in [5.74, 6) is 0.448. The van der Waals surface area contributed by atoms with Crippen LogP contribution in [0.1, 0.15) is 30.7 Å². The molecule has 1 spiro atoms. The van der Waals surface area contributed by atoms with Gasteiger partial charge in [-0.05, 0) is 32.5 Å². The zero-order chi connectivity index (χ0) is 19.2. The van der Waals surface area contributed by atoms with Gasteiger partial charge in [0.05, 0.1) is 24.7 Å². The number of carbonyl (C=O) groups is 2. The second-order valence-corrected chi connectivity index (χ2v) is 8.57. The maximum absolute atomic E-state index is 13.1. The molecule has 1 N–H and O–H groups in total. The van der Waals surface area contributed by atoms with E-state index in [1.807, 2.05) is 47.0 Å². The van der Waals surface area contributed by atoms with Crippen LogP contribution in [-0.2, 0) is 9.59 Å². The maximum atomic E-state index is 13.1. The van der Waals surface area contributed by atoms with Crippen LogP contribution < -0.4 is 0 Å². The van der Waals surface area contributed by atoms with Gasteiger partial charge in [-0.2, -0.15) is 0 Å². The van der Waals surface area contributed by atoms with Crippen LogP contribution in [0.2, 0.25) is 0 Å². The van der Waals surface area contributed by atoms with Crippen LogP contribution in [0.15, 0.2) is 30.3 Å². The molecule has 0 bridgehead atoms. The van der Waals surface area contributed by atoms with Crippen molar-refractivity contribution in [3.8, 4) is 0 Å². The maximum Gasteiger partial charge on any atom is 0.236 e. The van der Waals surface area contributed by atoms with E-state index < -0.39 is 0 Å². The molecule has 6 heteroatoms. The van der Waals surface area contributed by atoms with Gasteiger partial charge in [-0.3, -0.25) is 9.59 Å². The van der Waals surface area contributed by atoms with Crippen LogP contribution in [0, 0.1) is 5.92 Å². The summed E-state index contributed by atoms with van der Waals surface area (Å²) in [5, 5.41) is 10.1. The Kier molecular flexibility index (Phi) is 4.72. The third kappa shape index (κ3) is 2.86. The lowest BCUT2D eigenvalue weighted by Crippen LogP contribution is -2.86. The molecule has 2 atom stereocenters. The third-order valence-electron chi connectivity index (χ3n) is 6.55. The molecule has 2 aliphatic heterocycles. The Labute approximate surface area is 160 Å². The zero-order valence-corrected chi connectivity index (χ0v) is 16.2. The van der Waals surface area contributed by atoms with Crippen molar-refractivity contribution >= 4 is 11.8 Å². The van der Waals surface area contributed by atoms with Crippen molar-refractivity contribution in [2.75, 3.05) is 40.3 Å². The minimum Gasteiger partial charge on any atom is -0.394 e. The van der Waals surface area contributed by atoms with Crippen molar-refractivity contribution in [1.29, 1.82) is 0 Å². The quantitative estimate of drug-likeness (QED) is 0.836. The van der Waals surface area contributed by atoms with Gasteiger partial charge in [0.15, 0.2) is 0 Å². The van der Waals surface area contributed by atoms with Crippen LogP contribution in [0.3, 0.4) is 0 Å². The summed E-state index contributed by atoms with van der Waals surface area (Å²) in [5.41, 5.74) is 0.789. The lowest BCUT2D eigenvalue weighted by molar-refractivity contribution is -0.207. The highest BCUT2D eigenvalue weighted by molar-refractivity contribution is 5.85. The molecule has 1 aliphatic carbocycles. The van der Waals surface area contributed by atoms with E-state index in [0.29, 0.717) is 19.6 Å². The van der Waals surface area contributed by atoms with Gasteiger partial charge in [0.25, 0.3) is 0 Å². The number of hydrogen-bond donors (Lipinski definition) is 1. The first kappa shape index (κ1) is 18.4. The highest BCUT2D eigenvalue weighted by Gasteiger charge is 2.68. The molecule has 1 saturated carbocycles. The SMILES string of the molecule is CN(C)CC(=O)N1CC2(C1)[C@@H](c1ccccc1)[C@@H](CO)N2C(=O)C1CCC1. The third-order valence-corrected chi connectivity index (χ3v) is 6.55. The highest BCUT2D eigenvalue weighted by Crippen LogP contribution is 2.55. The summed E-state index contributed by atoms with van der Waals surface area (Å²) in [6.07, 6.45) is 3.00. The summed E-state index contributed by atoms with van der Waals surface area (Å²) >= 11 is 0. The first-order valence-corrected chi connectivity index (χ1v) is 9.89. The summed E-state index contributed by atoms with van der Waals surface area (Å²) in [6, 6.07) is 9.94. The van der Waals surface area contributed by atoms with E-state index >= 15 is 0 Å². The number of aliphatic hydroxyl groups excluding tert-OH is 1. The molecule has 2 saturated heterocycles. The van der Waals surface area contributed by atoms with Crippen molar-refractivity contribution in [2.45, 2.75) is 36.8 Å². The molecular weight excluding hydrogens is 342 g/mol. The van der Waals surface area contributed by atoms with Crippen molar-refractivity contribution in [3.05, 3.63) is 35.9 Å². The standard InChI is InChI=1S/C21H29N3O3/c1-22(2)11-18(26)23-13-21(14-23)19(15-7-4-3-5-8-15)17(12-25)24(21)20(27)16-9-6-10-16/h3-5,7-8,16-17,19,25H,6,9-14H2,1-2H3/t17-,19+/m1/s1. The van der Waals surface area contributed by atoms with Crippen molar-refractivity contribution in [3.63, 3.8) is 0 Å². The molecule has 2 heterocycles. The molecule has 4 rings (SSSR count). The fourth-order valence-corrected chi connectivity index (χ4v) is 5.03. The zero-order valence-electron chi connectivity index (χ0n) is 16.2. The van der Waals surface area contributed by atoms with Gasteiger partial charge in [0.1, 0.15) is 0 Å². The Balaban J connectivity index is 1.59. The predicted octanol–water partition coefficient (Wildman–Crippen LogP) is 0.916. The lowest BCUT2D eigenvalue weighted by atomic mass is 9.60. The van der Waals surface area contributed by atoms with Crippen LogP contribution in [0.4, 0.5) is 0 Å². The van der Waals surface area contributed by atoms with E-state index in [9.17, 15) is 14.7 Å². The van der Waals surface area contributed by atoms with Crippen molar-refractivity contribution in [2.24, 2.45) is 5.92 Å². The molecule has 146 valence electrons. The molecule has 0 aromatic heterocycles. The number of hydrogen-bond acceptors (Lipinski definition) is 4. The molecule has 0 unspecified atom stereocenters. The van der Waals surface area contributed by atoms with Crippen LogP contribution in [-0.4, -0.2) is 83.5 Å². The van der Waals surface area contributed by atoms with Gasteiger partial charge in [-0.25, -0.2) is 0 Å². The minimum absolute atomic E-state index is 0.0363. The average Bonchev–Trinajstić information content (AvgIpc) is 2.51. The highest BCUT2D eigenvalue weighted by atomic mass is 16.3. The van der Waals surface area contributed by atoms with Gasteiger partial charge in [-0.1, -0.05) is 36.8 Å². The Hall–Kier alpha value is -1.92. The Morgan fingerprint density at radius 1 is 1.19 bits per heavy atom. The largest absolute Gasteiger partial charge is 0.394 e. The van der Waals surface area contributed by atoms with Gasteiger partial charge in [0.2, 0.25) is 11.8 Å². The minimum atomic E-state index is -0.358. The van der Waals surface area contributed by atoms with Crippen molar-refractivity contribution < 1.29 is 14.7 Å². The van der Waals surface area contributed by atoms with E-state index in [4.69, 9.17) is 0 Å². The first-order chi connectivity index (χ1) is 13.0. The van der Waals surface area contributed by atoms with E-state index in [1.54, 1.807) is 0 Å². The second-order valence-electron chi connectivity index (χ2n) is 8.57. The number of aliphatic hydroxyl groups is 1. The van der Waals surface area contributed by atoms with Gasteiger partial charge < -0.3 is 19.8 Å². The molecule has 2 amide bonds. The Morgan fingerprint density at radius 2 is 1.85 bits per heavy atom. The number of likely N-dealkylation sites (tertiary alicyclic amines) is 2. The number of nitrogens with zero attached hydrogens (tertiary/aromatic N) is 3. The topological polar surface area (TPSA) is 64.1 Å². The molecule has 1 aromatic carbocycles. The number of benzene rings is 1. The smallest absolute Gasteiger partial charge is 0.236 e. The van der Waals surface area contributed by atoms with Crippen LogP contribution in [0.5, 0.6) is 0 Å². The number of amides is 2. The molecule has 0 radical (unpaired) electrons. The predicted molar refractivity (Wildman–Crippen MR) is 102 cm³/mol. The van der Waals surface area contributed by atoms with E-state index in [0.717, 1.165) is 24.8 Å². The Bertz CT molecular complexity index is 711. The fraction of sp³-hybridized carbons (Fsp3) is 0.619. The Morgan fingerprint density at radius 3 is 2.37 bits per heavy atom. The molecular formula is C21H29N3O3. The second kappa shape index (κ2) is 6.91. The lowest BCUT2D eigenvalue weighted by Gasteiger charge is -2.71. The summed E-state index contributed by atoms with van der Waals surface area (Å²) < 4.78 is 0. The van der Waals surface area contributed by atoms with Crippen molar-refractivity contribution in [1.82, 2.24) is 14.7 Å². The summed E-state index contributed by atoms with van der Waals surface area (Å²) in [7, 11) is 3.77. The number of likely N-dealkylation sites (N-methyl/N-ethyl adjacent to an activating group) is 1. The average molecular weight is 371 g/mol. The van der Waals surface area contributed by atoms with E-state index in [2.05, 4.69) is 12.1 Å². The van der Waals surface area contributed by atoms with Gasteiger partial charge >= 0.3 is 0 Å². The first-order valence-electron chi connectivity index (χ1n) is 9.89. The van der Waals surface area contributed by atoms with E-state index in [-0.39, 0.29) is 41.8 Å². The molecule has 3 fully saturated rings. The summed E-state index contributed by atoms with van der Waals surface area (Å²) in [6.45, 7) is 1.47. The normalized spacial score (nSPS) is 26.5. The summed E-state index contributed by atoms with van der Waals surface area (Å²) in [4.78, 5) is 31.2.